The number of hydrogen-bond donors (Lipinski definition) is 2. The summed E-state index contributed by atoms with van der Waals surface area (Å²) in [6.45, 7) is 6.43. The van der Waals surface area contributed by atoms with Crippen molar-refractivity contribution in [3.05, 3.63) is 15.9 Å². The highest BCUT2D eigenvalue weighted by molar-refractivity contribution is 5.50. The minimum Gasteiger partial charge on any atom is -0.504 e. The molecule has 20 heavy (non-hydrogen) atoms. The van der Waals surface area contributed by atoms with Crippen LogP contribution in [0.25, 0.3) is 0 Å². The molecule has 0 aromatic carbocycles. The molecule has 1 rings (SSSR count). The molecular weight excluding hydrogens is 258 g/mol. The van der Waals surface area contributed by atoms with Crippen molar-refractivity contribution >= 4 is 0 Å². The van der Waals surface area contributed by atoms with Crippen molar-refractivity contribution < 1.29 is 14.6 Å². The lowest BCUT2D eigenvalue weighted by atomic mass is 9.90. The molecule has 0 spiro atoms. The zero-order valence-corrected chi connectivity index (χ0v) is 12.9. The Kier molecular flexibility index (Phi) is 5.92. The van der Waals surface area contributed by atoms with E-state index >= 15 is 0 Å². The lowest BCUT2D eigenvalue weighted by Gasteiger charge is -2.17. The van der Waals surface area contributed by atoms with Crippen LogP contribution >= 0.6 is 0 Å². The first-order chi connectivity index (χ1) is 9.44. The fourth-order valence-corrected chi connectivity index (χ4v) is 2.40. The Morgan fingerprint density at radius 2 is 1.85 bits per heavy atom. The molecule has 114 valence electrons. The van der Waals surface area contributed by atoms with Crippen LogP contribution in [0.3, 0.4) is 0 Å². The van der Waals surface area contributed by atoms with Crippen LogP contribution in [0.15, 0.2) is 4.79 Å². The third-order valence-electron chi connectivity index (χ3n) is 3.67. The van der Waals surface area contributed by atoms with E-state index < -0.39 is 0 Å². The Morgan fingerprint density at radius 1 is 1.20 bits per heavy atom. The van der Waals surface area contributed by atoms with E-state index in [2.05, 4.69) is 25.8 Å². The number of methoxy groups -OCH3 is 2. The van der Waals surface area contributed by atoms with E-state index in [1.165, 1.54) is 14.2 Å². The number of rotatable bonds is 7. The summed E-state index contributed by atoms with van der Waals surface area (Å²) in [4.78, 5) is 14.6. The quantitative estimate of drug-likeness (QED) is 0.807. The number of nitrogens with one attached hydrogen (secondary N) is 1. The molecule has 2 atom stereocenters. The highest BCUT2D eigenvalue weighted by atomic mass is 16.5. The Hall–Kier alpha value is -1.65. The molecule has 0 fully saturated rings. The van der Waals surface area contributed by atoms with Gasteiger partial charge in [-0.25, -0.2) is 0 Å². The van der Waals surface area contributed by atoms with Crippen molar-refractivity contribution in [2.45, 2.75) is 40.0 Å². The average molecular weight is 283 g/mol. The third kappa shape index (κ3) is 3.68. The van der Waals surface area contributed by atoms with Crippen molar-refractivity contribution in [2.75, 3.05) is 14.2 Å². The second-order valence-electron chi connectivity index (χ2n) is 5.41. The van der Waals surface area contributed by atoms with Crippen LogP contribution in [0.2, 0.25) is 0 Å². The summed E-state index contributed by atoms with van der Waals surface area (Å²) >= 11 is 0. The summed E-state index contributed by atoms with van der Waals surface area (Å²) in [5.41, 5.74) is 0.0367. The van der Waals surface area contributed by atoms with Gasteiger partial charge >= 0.3 is 0 Å². The van der Waals surface area contributed by atoms with Crippen molar-refractivity contribution in [2.24, 2.45) is 11.8 Å². The largest absolute Gasteiger partial charge is 0.504 e. The van der Waals surface area contributed by atoms with Gasteiger partial charge in [-0.15, -0.1) is 0 Å². The summed E-state index contributed by atoms with van der Waals surface area (Å²) in [7, 11) is 2.85. The Balaban J connectivity index is 3.04. The Bertz CT molecular complexity index is 495. The van der Waals surface area contributed by atoms with Crippen molar-refractivity contribution in [1.29, 1.82) is 0 Å². The lowest BCUT2D eigenvalue weighted by Crippen LogP contribution is -2.18. The summed E-state index contributed by atoms with van der Waals surface area (Å²) in [5, 5.41) is 10.2. The maximum atomic E-state index is 12.0. The molecular formula is C15H25NO4. The summed E-state index contributed by atoms with van der Waals surface area (Å²) < 4.78 is 10.1. The average Bonchev–Trinajstić information content (AvgIpc) is 2.42. The van der Waals surface area contributed by atoms with E-state index in [-0.39, 0.29) is 22.9 Å². The smallest absolute Gasteiger partial charge is 0.257 e. The van der Waals surface area contributed by atoms with Gasteiger partial charge in [0, 0.05) is 0 Å². The van der Waals surface area contributed by atoms with Gasteiger partial charge in [0.1, 0.15) is 0 Å². The zero-order chi connectivity index (χ0) is 15.3. The maximum absolute atomic E-state index is 12.0. The van der Waals surface area contributed by atoms with Gasteiger partial charge in [-0.1, -0.05) is 27.2 Å². The number of aromatic hydroxyl groups is 1. The van der Waals surface area contributed by atoms with E-state index in [0.717, 1.165) is 12.8 Å². The van der Waals surface area contributed by atoms with Gasteiger partial charge in [-0.2, -0.15) is 0 Å². The van der Waals surface area contributed by atoms with Crippen LogP contribution in [0, 0.1) is 11.8 Å². The monoisotopic (exact) mass is 283 g/mol. The van der Waals surface area contributed by atoms with Crippen LogP contribution in [0.1, 0.15) is 39.2 Å². The molecule has 0 saturated carbocycles. The molecule has 0 bridgehead atoms. The van der Waals surface area contributed by atoms with E-state index in [4.69, 9.17) is 9.47 Å². The van der Waals surface area contributed by atoms with Gasteiger partial charge in [0.05, 0.1) is 19.8 Å². The van der Waals surface area contributed by atoms with Crippen LogP contribution in [-0.2, 0) is 6.42 Å². The Morgan fingerprint density at radius 3 is 2.35 bits per heavy atom. The molecule has 0 saturated heterocycles. The van der Waals surface area contributed by atoms with E-state index in [1.807, 2.05) is 0 Å². The lowest BCUT2D eigenvalue weighted by molar-refractivity contribution is 0.317. The predicted octanol–water partition coefficient (Wildman–Crippen LogP) is 2.71. The number of H-pyrrole nitrogens is 1. The molecule has 1 heterocycles. The van der Waals surface area contributed by atoms with Crippen LogP contribution in [-0.4, -0.2) is 24.3 Å². The first kappa shape index (κ1) is 16.4. The summed E-state index contributed by atoms with van der Waals surface area (Å²) in [6, 6.07) is 0. The molecule has 2 N–H and O–H groups in total. The first-order valence-electron chi connectivity index (χ1n) is 7.00. The van der Waals surface area contributed by atoms with Crippen LogP contribution in [0.5, 0.6) is 17.4 Å². The van der Waals surface area contributed by atoms with Gasteiger partial charge in [0.2, 0.25) is 11.6 Å². The summed E-state index contributed by atoms with van der Waals surface area (Å²) in [5.74, 6) is 1.12. The topological polar surface area (TPSA) is 71.5 Å². The van der Waals surface area contributed by atoms with Gasteiger partial charge in [0.15, 0.2) is 5.75 Å². The normalized spacial score (nSPS) is 13.8. The van der Waals surface area contributed by atoms with Gasteiger partial charge in [0.25, 0.3) is 5.56 Å². The van der Waals surface area contributed by atoms with Gasteiger partial charge in [-0.3, -0.25) is 9.78 Å². The van der Waals surface area contributed by atoms with Gasteiger partial charge < -0.3 is 14.6 Å². The highest BCUT2D eigenvalue weighted by Crippen LogP contribution is 2.36. The fourth-order valence-electron chi connectivity index (χ4n) is 2.40. The standard InChI is InChI=1S/C15H25NO4/c1-6-9(2)7-10(3)8-11-12(17)13(19-4)15(20-5)16-14(11)18/h9-10H,6-8H2,1-5H3,(H2,16,17,18)/t9-,10+/m1/s1. The SMILES string of the molecule is CC[C@@H](C)C[C@H](C)Cc1c(O)c(OC)c(OC)[nH]c1=O. The number of hydrogen-bond acceptors (Lipinski definition) is 4. The van der Waals surface area contributed by atoms with Crippen LogP contribution < -0.4 is 15.0 Å². The molecule has 0 aliphatic carbocycles. The van der Waals surface area contributed by atoms with E-state index in [1.54, 1.807) is 0 Å². The number of aromatic nitrogens is 1. The first-order valence-corrected chi connectivity index (χ1v) is 7.00. The molecule has 5 heteroatoms. The predicted molar refractivity (Wildman–Crippen MR) is 78.8 cm³/mol. The number of aromatic amines is 1. The van der Waals surface area contributed by atoms with Crippen molar-refractivity contribution in [3.8, 4) is 17.4 Å². The maximum Gasteiger partial charge on any atom is 0.257 e. The molecule has 0 radical (unpaired) electrons. The minimum absolute atomic E-state index is 0.121. The Labute approximate surface area is 119 Å². The molecule has 0 amide bonds. The number of ether oxygens (including phenoxy) is 2. The number of pyridine rings is 1. The molecule has 1 aromatic rings. The minimum atomic E-state index is -0.323. The summed E-state index contributed by atoms with van der Waals surface area (Å²) in [6.07, 6.45) is 2.65. The van der Waals surface area contributed by atoms with E-state index in [9.17, 15) is 9.90 Å². The zero-order valence-electron chi connectivity index (χ0n) is 12.9. The molecule has 0 aliphatic rings. The molecule has 1 aromatic heterocycles. The van der Waals surface area contributed by atoms with Crippen LogP contribution in [0.4, 0.5) is 0 Å². The second-order valence-corrected chi connectivity index (χ2v) is 5.41. The molecule has 0 unspecified atom stereocenters. The second kappa shape index (κ2) is 7.22. The highest BCUT2D eigenvalue weighted by Gasteiger charge is 2.20. The molecule has 0 aliphatic heterocycles. The third-order valence-corrected chi connectivity index (χ3v) is 3.67. The molecule has 5 nitrogen and oxygen atoms in total. The van der Waals surface area contributed by atoms with Gasteiger partial charge in [-0.05, 0) is 24.7 Å². The fraction of sp³-hybridized carbons (Fsp3) is 0.667. The van der Waals surface area contributed by atoms with E-state index in [0.29, 0.717) is 23.8 Å². The van der Waals surface area contributed by atoms with Crippen molar-refractivity contribution in [1.82, 2.24) is 4.98 Å². The van der Waals surface area contributed by atoms with Crippen molar-refractivity contribution in [3.63, 3.8) is 0 Å².